The van der Waals surface area contributed by atoms with Crippen molar-refractivity contribution in [1.29, 1.82) is 0 Å². The largest absolute Gasteiger partial charge is 0.468 e. The number of ether oxygens (including phenoxy) is 1. The fraction of sp³-hybridized carbons (Fsp3) is 0.714. The van der Waals surface area contributed by atoms with Gasteiger partial charge in [0, 0.05) is 31.8 Å². The highest BCUT2D eigenvalue weighted by Crippen LogP contribution is 2.12. The molecule has 102 valence electrons. The van der Waals surface area contributed by atoms with Crippen molar-refractivity contribution in [3.05, 3.63) is 23.7 Å². The summed E-state index contributed by atoms with van der Waals surface area (Å²) < 4.78 is 11.1. The zero-order valence-corrected chi connectivity index (χ0v) is 11.3. The van der Waals surface area contributed by atoms with Crippen LogP contribution in [0.3, 0.4) is 0 Å². The van der Waals surface area contributed by atoms with Crippen LogP contribution in [0.5, 0.6) is 0 Å². The molecule has 0 radical (unpaired) electrons. The molecule has 0 aliphatic carbocycles. The highest BCUT2D eigenvalue weighted by Gasteiger charge is 2.11. The molecule has 1 aliphatic heterocycles. The van der Waals surface area contributed by atoms with Gasteiger partial charge in [0.2, 0.25) is 0 Å². The van der Waals surface area contributed by atoms with E-state index in [0.29, 0.717) is 0 Å². The van der Waals surface area contributed by atoms with Crippen LogP contribution in [0.4, 0.5) is 0 Å². The van der Waals surface area contributed by atoms with E-state index < -0.39 is 0 Å². The van der Waals surface area contributed by atoms with Gasteiger partial charge < -0.3 is 14.5 Å². The van der Waals surface area contributed by atoms with E-state index in [9.17, 15) is 0 Å². The van der Waals surface area contributed by atoms with Crippen molar-refractivity contribution in [2.75, 3.05) is 32.8 Å². The van der Waals surface area contributed by atoms with Gasteiger partial charge in [0.25, 0.3) is 0 Å². The van der Waals surface area contributed by atoms with E-state index in [1.807, 2.05) is 6.26 Å². The highest BCUT2D eigenvalue weighted by atomic mass is 16.5. The molecule has 1 fully saturated rings. The number of nitrogens with one attached hydrogen (secondary N) is 1. The van der Waals surface area contributed by atoms with Crippen LogP contribution >= 0.6 is 0 Å². The normalized spacial score (nSPS) is 17.8. The van der Waals surface area contributed by atoms with Crippen molar-refractivity contribution in [3.63, 3.8) is 0 Å². The van der Waals surface area contributed by atoms with Crippen molar-refractivity contribution < 1.29 is 9.15 Å². The third-order valence-corrected chi connectivity index (χ3v) is 3.16. The number of hydrogen-bond acceptors (Lipinski definition) is 4. The van der Waals surface area contributed by atoms with Crippen molar-refractivity contribution >= 4 is 0 Å². The third-order valence-electron chi connectivity index (χ3n) is 3.16. The standard InChI is InChI=1S/C14H24N2O2/c1-2-4-15-10-13-9-14(18-12-13)11-16-5-3-7-17-8-6-16/h9,12,15H,2-8,10-11H2,1H3. The van der Waals surface area contributed by atoms with Crippen molar-refractivity contribution in [2.24, 2.45) is 0 Å². The van der Waals surface area contributed by atoms with Gasteiger partial charge in [-0.2, -0.15) is 0 Å². The molecular weight excluding hydrogens is 228 g/mol. The maximum atomic E-state index is 5.62. The van der Waals surface area contributed by atoms with Gasteiger partial charge in [-0.25, -0.2) is 0 Å². The third kappa shape index (κ3) is 4.44. The molecule has 0 amide bonds. The Morgan fingerprint density at radius 3 is 3.17 bits per heavy atom. The van der Waals surface area contributed by atoms with Gasteiger partial charge in [0.05, 0.1) is 19.4 Å². The first-order valence-corrected chi connectivity index (χ1v) is 6.95. The first-order chi connectivity index (χ1) is 8.88. The van der Waals surface area contributed by atoms with Gasteiger partial charge >= 0.3 is 0 Å². The van der Waals surface area contributed by atoms with Crippen LogP contribution in [-0.2, 0) is 17.8 Å². The first kappa shape index (κ1) is 13.6. The summed E-state index contributed by atoms with van der Waals surface area (Å²) >= 11 is 0. The summed E-state index contributed by atoms with van der Waals surface area (Å²) in [6.07, 6.45) is 4.15. The van der Waals surface area contributed by atoms with Crippen molar-refractivity contribution in [1.82, 2.24) is 10.2 Å². The lowest BCUT2D eigenvalue weighted by atomic mass is 10.3. The molecule has 2 heterocycles. The smallest absolute Gasteiger partial charge is 0.118 e. The minimum atomic E-state index is 0.839. The summed E-state index contributed by atoms with van der Waals surface area (Å²) in [6.45, 7) is 8.87. The van der Waals surface area contributed by atoms with Crippen molar-refractivity contribution in [2.45, 2.75) is 32.9 Å². The summed E-state index contributed by atoms with van der Waals surface area (Å²) in [4.78, 5) is 2.40. The van der Waals surface area contributed by atoms with E-state index in [2.05, 4.69) is 23.2 Å². The summed E-state index contributed by atoms with van der Waals surface area (Å²) in [5.41, 5.74) is 1.24. The second-order valence-electron chi connectivity index (χ2n) is 4.84. The predicted octanol–water partition coefficient (Wildman–Crippen LogP) is 2.00. The molecule has 0 bridgehead atoms. The molecule has 1 saturated heterocycles. The molecule has 0 unspecified atom stereocenters. The highest BCUT2D eigenvalue weighted by molar-refractivity contribution is 5.12. The fourth-order valence-corrected chi connectivity index (χ4v) is 2.19. The Labute approximate surface area is 109 Å². The van der Waals surface area contributed by atoms with E-state index in [1.165, 1.54) is 12.0 Å². The predicted molar refractivity (Wildman–Crippen MR) is 71.4 cm³/mol. The second kappa shape index (κ2) is 7.56. The Morgan fingerprint density at radius 1 is 1.33 bits per heavy atom. The minimum Gasteiger partial charge on any atom is -0.468 e. The lowest BCUT2D eigenvalue weighted by molar-refractivity contribution is 0.139. The van der Waals surface area contributed by atoms with Crippen LogP contribution in [0.2, 0.25) is 0 Å². The molecule has 1 aromatic heterocycles. The van der Waals surface area contributed by atoms with E-state index in [1.54, 1.807) is 0 Å². The average Bonchev–Trinajstić information content (AvgIpc) is 2.65. The molecule has 2 rings (SSSR count). The van der Waals surface area contributed by atoms with Gasteiger partial charge in [0.1, 0.15) is 5.76 Å². The van der Waals surface area contributed by atoms with Crippen LogP contribution in [-0.4, -0.2) is 37.7 Å². The molecule has 1 aliphatic rings. The lowest BCUT2D eigenvalue weighted by Crippen LogP contribution is -2.25. The molecule has 4 heteroatoms. The fourth-order valence-electron chi connectivity index (χ4n) is 2.19. The maximum Gasteiger partial charge on any atom is 0.118 e. The Morgan fingerprint density at radius 2 is 2.28 bits per heavy atom. The summed E-state index contributed by atoms with van der Waals surface area (Å²) in [5, 5.41) is 3.38. The number of hydrogen-bond donors (Lipinski definition) is 1. The Hall–Kier alpha value is -0.840. The van der Waals surface area contributed by atoms with Gasteiger partial charge in [-0.3, -0.25) is 4.90 Å². The van der Waals surface area contributed by atoms with E-state index in [0.717, 1.165) is 58.1 Å². The van der Waals surface area contributed by atoms with Gasteiger partial charge in [-0.1, -0.05) is 6.92 Å². The molecule has 0 saturated carbocycles. The SMILES string of the molecule is CCCNCc1coc(CN2CCCOCC2)c1. The van der Waals surface area contributed by atoms with Gasteiger partial charge in [0.15, 0.2) is 0 Å². The Kier molecular flexibility index (Phi) is 5.71. The van der Waals surface area contributed by atoms with Gasteiger partial charge in [-0.05, 0) is 25.5 Å². The summed E-state index contributed by atoms with van der Waals surface area (Å²) in [5.74, 6) is 1.06. The molecule has 18 heavy (non-hydrogen) atoms. The van der Waals surface area contributed by atoms with Crippen molar-refractivity contribution in [3.8, 4) is 0 Å². The molecular formula is C14H24N2O2. The van der Waals surface area contributed by atoms with E-state index in [4.69, 9.17) is 9.15 Å². The molecule has 1 N–H and O–H groups in total. The molecule has 1 aromatic rings. The molecule has 0 atom stereocenters. The van der Waals surface area contributed by atoms with E-state index >= 15 is 0 Å². The maximum absolute atomic E-state index is 5.62. The monoisotopic (exact) mass is 252 g/mol. The lowest BCUT2D eigenvalue weighted by Gasteiger charge is -2.16. The Balaban J connectivity index is 1.78. The minimum absolute atomic E-state index is 0.839. The zero-order chi connectivity index (χ0) is 12.6. The van der Waals surface area contributed by atoms with E-state index in [-0.39, 0.29) is 0 Å². The molecule has 0 aromatic carbocycles. The first-order valence-electron chi connectivity index (χ1n) is 6.95. The quantitative estimate of drug-likeness (QED) is 0.786. The van der Waals surface area contributed by atoms with Crippen LogP contribution < -0.4 is 5.32 Å². The Bertz CT molecular complexity index is 330. The van der Waals surface area contributed by atoms with Gasteiger partial charge in [-0.15, -0.1) is 0 Å². The molecule has 0 spiro atoms. The average molecular weight is 252 g/mol. The number of furan rings is 1. The summed E-state index contributed by atoms with van der Waals surface area (Å²) in [7, 11) is 0. The number of rotatable bonds is 6. The van der Waals surface area contributed by atoms with Crippen LogP contribution in [0.15, 0.2) is 16.7 Å². The van der Waals surface area contributed by atoms with Crippen LogP contribution in [0.25, 0.3) is 0 Å². The van der Waals surface area contributed by atoms with Crippen LogP contribution in [0, 0.1) is 0 Å². The van der Waals surface area contributed by atoms with Crippen LogP contribution in [0.1, 0.15) is 31.1 Å². The number of nitrogens with zero attached hydrogens (tertiary/aromatic N) is 1. The summed E-state index contributed by atoms with van der Waals surface area (Å²) in [6, 6.07) is 2.16. The second-order valence-corrected chi connectivity index (χ2v) is 4.84. The zero-order valence-electron chi connectivity index (χ0n) is 11.3. The molecule has 4 nitrogen and oxygen atoms in total. The topological polar surface area (TPSA) is 37.6 Å².